The maximum atomic E-state index is 12.3. The van der Waals surface area contributed by atoms with Gasteiger partial charge in [0.05, 0.1) is 37.7 Å². The van der Waals surface area contributed by atoms with Crippen molar-refractivity contribution in [2.24, 2.45) is 0 Å². The summed E-state index contributed by atoms with van der Waals surface area (Å²) in [5.74, 6) is -3.22. The molecule has 2 fully saturated rings. The van der Waals surface area contributed by atoms with E-state index in [-0.39, 0.29) is 168 Å². The van der Waals surface area contributed by atoms with Crippen LogP contribution in [0.4, 0.5) is 10.3 Å². The van der Waals surface area contributed by atoms with Crippen molar-refractivity contribution in [3.05, 3.63) is 68.7 Å². The van der Waals surface area contributed by atoms with E-state index in [1.54, 1.807) is 22.9 Å². The number of likely N-dealkylation sites (tertiary alicyclic amines) is 2. The first-order valence-corrected chi connectivity index (χ1v) is 18.9. The quantitative estimate of drug-likeness (QED) is 0.0766. The van der Waals surface area contributed by atoms with E-state index in [4.69, 9.17) is 30.2 Å². The van der Waals surface area contributed by atoms with Crippen molar-refractivity contribution in [2.45, 2.75) is 37.7 Å². The summed E-state index contributed by atoms with van der Waals surface area (Å²) in [6.45, 7) is -5.14. The third kappa shape index (κ3) is 9.86. The first-order chi connectivity index (χ1) is 26.5. The molecule has 4 aliphatic heterocycles. The number of carbonyl (C=O) groups excluding carboxylic acids is 2. The molecule has 58 heavy (non-hydrogen) atoms. The van der Waals surface area contributed by atoms with Crippen LogP contribution in [0.1, 0.15) is 52.8 Å². The van der Waals surface area contributed by atoms with Gasteiger partial charge in [-0.15, -0.1) is 22.7 Å². The average molecular weight is 858 g/mol. The summed E-state index contributed by atoms with van der Waals surface area (Å²) >= 11 is 2.35. The molecule has 2 aromatic carbocycles. The maximum Gasteiger partial charge on any atom is 1.00 e. The van der Waals surface area contributed by atoms with E-state index in [2.05, 4.69) is 9.97 Å². The predicted octanol–water partition coefficient (Wildman–Crippen LogP) is -5.62. The molecule has 4 aliphatic rings. The third-order valence-corrected chi connectivity index (χ3v) is 10.7. The van der Waals surface area contributed by atoms with Crippen LogP contribution in [0.3, 0.4) is 0 Å². The zero-order valence-electron chi connectivity index (χ0n) is 31.1. The predicted molar refractivity (Wildman–Crippen MR) is 199 cm³/mol. The number of nitrogens with zero attached hydrogens (tertiary/aromatic N) is 4. The van der Waals surface area contributed by atoms with Gasteiger partial charge in [-0.05, 0) is 36.1 Å². The molecule has 8 rings (SSSR count). The summed E-state index contributed by atoms with van der Waals surface area (Å²) in [6, 6.07) is 6.32. The van der Waals surface area contributed by atoms with E-state index in [0.29, 0.717) is 21.4 Å². The topological polar surface area (TPSA) is 311 Å². The fraction of sp³-hybridized carbons (Fsp3) is 0.312. The van der Waals surface area contributed by atoms with Crippen molar-refractivity contribution < 1.29 is 127 Å². The van der Waals surface area contributed by atoms with Gasteiger partial charge in [0.2, 0.25) is 0 Å². The molecule has 2 aromatic heterocycles. The second-order valence-electron chi connectivity index (χ2n) is 13.5. The van der Waals surface area contributed by atoms with Crippen molar-refractivity contribution in [1.82, 2.24) is 19.8 Å². The van der Waals surface area contributed by atoms with E-state index >= 15 is 0 Å². The number of carboxylic acid groups (broad SMARTS) is 2. The normalized spacial score (nSPS) is 17.4. The fourth-order valence-electron chi connectivity index (χ4n) is 6.47. The maximum absolute atomic E-state index is 12.3. The molecule has 0 atom stereocenters. The third-order valence-electron chi connectivity index (χ3n) is 9.36. The molecule has 10 N–H and O–H groups in total. The van der Waals surface area contributed by atoms with Gasteiger partial charge < -0.3 is 70.4 Å². The van der Waals surface area contributed by atoms with Gasteiger partial charge in [0.1, 0.15) is 46.2 Å². The van der Waals surface area contributed by atoms with Gasteiger partial charge in [-0.1, -0.05) is 24.8 Å². The Morgan fingerprint density at radius 1 is 0.672 bits per heavy atom. The molecule has 0 unspecified atom stereocenters. The van der Waals surface area contributed by atoms with Gasteiger partial charge >= 0.3 is 84.6 Å². The van der Waals surface area contributed by atoms with E-state index in [9.17, 15) is 49.5 Å². The SMILES string of the molecule is Nc1nc(C(=O)N2CC(Oc3ccc4c(c3C(=O)O)O[B-](O)(O)CC4)C2)cs1.Nc1nc(C(=O)N2CC(Oc3ccc4c(c3C(=O)O)O[B-](O)(O)CC4)C2)cs1.[Na+].[Na+]. The van der Waals surface area contributed by atoms with Crippen molar-refractivity contribution in [1.29, 1.82) is 0 Å². The summed E-state index contributed by atoms with van der Waals surface area (Å²) in [6.07, 6.45) is -0.256. The zero-order chi connectivity index (χ0) is 40.1. The molecule has 0 bridgehead atoms. The molecular weight excluding hydrogens is 824 g/mol. The number of aromatic nitrogens is 2. The summed E-state index contributed by atoms with van der Waals surface area (Å²) < 4.78 is 21.8. The number of hydrogen-bond acceptors (Lipinski definition) is 18. The van der Waals surface area contributed by atoms with Gasteiger partial charge in [-0.2, -0.15) is 0 Å². The van der Waals surface area contributed by atoms with Gasteiger partial charge in [-0.25, -0.2) is 19.6 Å². The number of aromatic carboxylic acids is 2. The molecule has 6 heterocycles. The Morgan fingerprint density at radius 3 is 1.34 bits per heavy atom. The average Bonchev–Trinajstić information content (AvgIpc) is 3.73. The minimum absolute atomic E-state index is 0. The molecular formula is C32H34B2N6Na2O14S2. The van der Waals surface area contributed by atoms with E-state index in [0.717, 1.165) is 0 Å². The fourth-order valence-corrected chi connectivity index (χ4v) is 7.55. The zero-order valence-corrected chi connectivity index (χ0v) is 36.8. The van der Waals surface area contributed by atoms with Crippen LogP contribution >= 0.6 is 22.7 Å². The van der Waals surface area contributed by atoms with Crippen molar-refractivity contribution in [2.75, 3.05) is 37.6 Å². The van der Waals surface area contributed by atoms with E-state index in [1.165, 1.54) is 44.6 Å². The minimum atomic E-state index is -3.10. The van der Waals surface area contributed by atoms with Crippen molar-refractivity contribution in [3.8, 4) is 23.0 Å². The molecule has 26 heteroatoms. The van der Waals surface area contributed by atoms with Crippen LogP contribution in [0.25, 0.3) is 0 Å². The number of anilines is 2. The van der Waals surface area contributed by atoms with Crippen LogP contribution in [0, 0.1) is 0 Å². The molecule has 2 saturated heterocycles. The van der Waals surface area contributed by atoms with Crippen LogP contribution in [0.5, 0.6) is 23.0 Å². The van der Waals surface area contributed by atoms with Gasteiger partial charge in [-0.3, -0.25) is 9.59 Å². The molecule has 0 radical (unpaired) electrons. The molecule has 0 aliphatic carbocycles. The molecule has 2 amide bonds. The Balaban J connectivity index is 0.000000214. The standard InChI is InChI=1S/2C16H17BN3O7S.2Na/c2*18-16-19-10(7-28-16)14(21)20-5-9(6-20)26-11-2-1-8-3-4-17(24,25)27-13(8)12(11)15(22)23;;/h2*1-2,7,9,24-25H,3-6H2,(H2,18,19)(H,22,23);;/q2*-1;2*+1. The molecule has 4 aromatic rings. The summed E-state index contributed by atoms with van der Waals surface area (Å²) in [7, 11) is 0. The number of rotatable bonds is 8. The van der Waals surface area contributed by atoms with Crippen LogP contribution in [-0.4, -0.2) is 126 Å². The van der Waals surface area contributed by atoms with Crippen LogP contribution in [0.2, 0.25) is 12.6 Å². The Hall–Kier alpha value is -3.65. The van der Waals surface area contributed by atoms with Crippen molar-refractivity contribution >= 4 is 70.2 Å². The van der Waals surface area contributed by atoms with Gasteiger partial charge in [0, 0.05) is 10.8 Å². The second kappa shape index (κ2) is 17.9. The first-order valence-electron chi connectivity index (χ1n) is 17.2. The number of ether oxygens (including phenoxy) is 2. The van der Waals surface area contributed by atoms with Crippen LogP contribution in [0.15, 0.2) is 35.0 Å². The molecule has 296 valence electrons. The van der Waals surface area contributed by atoms with Crippen LogP contribution < -0.4 is 89.4 Å². The summed E-state index contributed by atoms with van der Waals surface area (Å²) in [4.78, 5) is 59.0. The van der Waals surface area contributed by atoms with Crippen LogP contribution in [-0.2, 0) is 12.8 Å². The molecule has 0 spiro atoms. The number of amides is 2. The van der Waals surface area contributed by atoms with Gasteiger partial charge in [0.25, 0.3) is 11.8 Å². The number of carboxylic acids is 2. The number of aryl methyl sites for hydroxylation is 2. The van der Waals surface area contributed by atoms with Gasteiger partial charge in [0.15, 0.2) is 10.3 Å². The molecule has 20 nitrogen and oxygen atoms in total. The Morgan fingerprint density at radius 2 is 1.03 bits per heavy atom. The molecule has 0 saturated carbocycles. The number of carbonyl (C=O) groups is 4. The summed E-state index contributed by atoms with van der Waals surface area (Å²) in [5, 5.41) is 62.0. The Bertz CT molecular complexity index is 2080. The summed E-state index contributed by atoms with van der Waals surface area (Å²) in [5.41, 5.74) is 12.2. The minimum Gasteiger partial charge on any atom is -0.669 e. The number of hydrogen-bond donors (Lipinski definition) is 8. The van der Waals surface area contributed by atoms with Crippen molar-refractivity contribution in [3.63, 3.8) is 0 Å². The van der Waals surface area contributed by atoms with E-state index in [1.807, 2.05) is 0 Å². The second-order valence-corrected chi connectivity index (χ2v) is 15.3. The number of thiazole rings is 2. The number of nitrogen functional groups attached to an aromatic ring is 2. The number of nitrogens with two attached hydrogens (primary N) is 2. The largest absolute Gasteiger partial charge is 1.00 e. The first kappa shape index (κ1) is 45.4. The smallest absolute Gasteiger partial charge is 0.669 e. The Kier molecular flexibility index (Phi) is 14.0. The van der Waals surface area contributed by atoms with E-state index < -0.39 is 37.7 Å². The number of benzene rings is 2. The Labute approximate surface area is 381 Å². The monoisotopic (exact) mass is 858 g/mol. The number of fused-ring (bicyclic) bond motifs is 2.